The highest BCUT2D eigenvalue weighted by atomic mass is 19.4. The van der Waals surface area contributed by atoms with Crippen molar-refractivity contribution in [1.29, 1.82) is 5.41 Å². The standard InChI is InChI=1S/C14H20F3N3/c1-3-4-5-8-20(2)10-6-7-12(14(15,16)17)11(9-10)13(18)19/h6-7,9H,3-5,8H2,1-2H3,(H3,18,19). The van der Waals surface area contributed by atoms with Crippen LogP contribution < -0.4 is 10.6 Å². The summed E-state index contributed by atoms with van der Waals surface area (Å²) in [4.78, 5) is 1.88. The van der Waals surface area contributed by atoms with Crippen molar-refractivity contribution in [3.05, 3.63) is 29.3 Å². The monoisotopic (exact) mass is 287 g/mol. The molecule has 0 atom stereocenters. The van der Waals surface area contributed by atoms with E-state index in [4.69, 9.17) is 11.1 Å². The summed E-state index contributed by atoms with van der Waals surface area (Å²) in [6.45, 7) is 2.85. The van der Waals surface area contributed by atoms with Crippen LogP contribution in [0.25, 0.3) is 0 Å². The van der Waals surface area contributed by atoms with E-state index < -0.39 is 17.6 Å². The van der Waals surface area contributed by atoms with Gasteiger partial charge in [0.15, 0.2) is 0 Å². The highest BCUT2D eigenvalue weighted by molar-refractivity contribution is 5.97. The Morgan fingerprint density at radius 2 is 1.95 bits per heavy atom. The molecule has 3 nitrogen and oxygen atoms in total. The van der Waals surface area contributed by atoms with Gasteiger partial charge in [0.25, 0.3) is 0 Å². The summed E-state index contributed by atoms with van der Waals surface area (Å²) < 4.78 is 38.5. The summed E-state index contributed by atoms with van der Waals surface area (Å²) in [7, 11) is 1.82. The van der Waals surface area contributed by atoms with Crippen molar-refractivity contribution in [2.24, 2.45) is 5.73 Å². The van der Waals surface area contributed by atoms with Crippen molar-refractivity contribution < 1.29 is 13.2 Å². The number of nitrogens with zero attached hydrogens (tertiary/aromatic N) is 1. The number of nitrogen functional groups attached to an aromatic ring is 1. The van der Waals surface area contributed by atoms with E-state index in [1.165, 1.54) is 12.1 Å². The number of benzene rings is 1. The fourth-order valence-corrected chi connectivity index (χ4v) is 1.97. The van der Waals surface area contributed by atoms with Crippen molar-refractivity contribution >= 4 is 11.5 Å². The van der Waals surface area contributed by atoms with Gasteiger partial charge in [0.05, 0.1) is 5.56 Å². The van der Waals surface area contributed by atoms with E-state index in [2.05, 4.69) is 6.92 Å². The number of nitrogens with one attached hydrogen (secondary N) is 1. The lowest BCUT2D eigenvalue weighted by Crippen LogP contribution is -2.22. The number of hydrogen-bond donors (Lipinski definition) is 2. The number of alkyl halides is 3. The first-order chi connectivity index (χ1) is 9.27. The molecular formula is C14H20F3N3. The Morgan fingerprint density at radius 1 is 1.30 bits per heavy atom. The second kappa shape index (κ2) is 6.63. The van der Waals surface area contributed by atoms with Gasteiger partial charge in [-0.1, -0.05) is 19.8 Å². The summed E-state index contributed by atoms with van der Waals surface area (Å²) in [5, 5.41) is 7.32. The molecule has 112 valence electrons. The van der Waals surface area contributed by atoms with Crippen LogP contribution in [0.2, 0.25) is 0 Å². The second-order valence-electron chi connectivity index (χ2n) is 4.77. The zero-order valence-corrected chi connectivity index (χ0v) is 11.7. The average molecular weight is 287 g/mol. The lowest BCUT2D eigenvalue weighted by Gasteiger charge is -2.21. The summed E-state index contributed by atoms with van der Waals surface area (Å²) >= 11 is 0. The molecular weight excluding hydrogens is 267 g/mol. The van der Waals surface area contributed by atoms with Crippen LogP contribution >= 0.6 is 0 Å². The fourth-order valence-electron chi connectivity index (χ4n) is 1.97. The van der Waals surface area contributed by atoms with Gasteiger partial charge in [0.1, 0.15) is 5.84 Å². The summed E-state index contributed by atoms with van der Waals surface area (Å²) in [5.41, 5.74) is 4.77. The van der Waals surface area contributed by atoms with Crippen LogP contribution in [0.5, 0.6) is 0 Å². The van der Waals surface area contributed by atoms with Crippen LogP contribution in [-0.4, -0.2) is 19.4 Å². The molecule has 0 unspecified atom stereocenters. The van der Waals surface area contributed by atoms with Gasteiger partial charge < -0.3 is 10.6 Å². The molecule has 0 spiro atoms. The Bertz CT molecular complexity index is 469. The number of rotatable bonds is 6. The minimum Gasteiger partial charge on any atom is -0.384 e. The van der Waals surface area contributed by atoms with Crippen molar-refractivity contribution in [1.82, 2.24) is 0 Å². The summed E-state index contributed by atoms with van der Waals surface area (Å²) in [6.07, 6.45) is -1.37. The lowest BCUT2D eigenvalue weighted by atomic mass is 10.0. The molecule has 0 aliphatic rings. The Hall–Kier alpha value is -1.72. The predicted molar refractivity (Wildman–Crippen MR) is 75.3 cm³/mol. The van der Waals surface area contributed by atoms with Crippen molar-refractivity contribution in [3.8, 4) is 0 Å². The molecule has 0 aliphatic carbocycles. The molecule has 1 aromatic rings. The van der Waals surface area contributed by atoms with Crippen LogP contribution in [0, 0.1) is 5.41 Å². The first-order valence-corrected chi connectivity index (χ1v) is 6.54. The third-order valence-electron chi connectivity index (χ3n) is 3.14. The Balaban J connectivity index is 3.02. The average Bonchev–Trinajstić information content (AvgIpc) is 2.37. The third-order valence-corrected chi connectivity index (χ3v) is 3.14. The first-order valence-electron chi connectivity index (χ1n) is 6.54. The first kappa shape index (κ1) is 16.3. The topological polar surface area (TPSA) is 53.1 Å². The van der Waals surface area contributed by atoms with Crippen LogP contribution in [-0.2, 0) is 6.18 Å². The molecule has 1 aromatic carbocycles. The Labute approximate surface area is 117 Å². The molecule has 20 heavy (non-hydrogen) atoms. The molecule has 0 fully saturated rings. The molecule has 0 radical (unpaired) electrons. The minimum absolute atomic E-state index is 0.266. The normalized spacial score (nSPS) is 11.4. The zero-order valence-electron chi connectivity index (χ0n) is 11.7. The van der Waals surface area contributed by atoms with E-state index in [1.807, 2.05) is 11.9 Å². The highest BCUT2D eigenvalue weighted by Crippen LogP contribution is 2.33. The third kappa shape index (κ3) is 4.15. The molecule has 3 N–H and O–H groups in total. The smallest absolute Gasteiger partial charge is 0.384 e. The number of nitrogens with two attached hydrogens (primary N) is 1. The van der Waals surface area contributed by atoms with Gasteiger partial charge in [0.2, 0.25) is 0 Å². The molecule has 0 aliphatic heterocycles. The molecule has 0 bridgehead atoms. The number of anilines is 1. The molecule has 0 saturated carbocycles. The number of amidine groups is 1. The van der Waals surface area contributed by atoms with Crippen molar-refractivity contribution in [2.45, 2.75) is 32.4 Å². The SMILES string of the molecule is CCCCCN(C)c1ccc(C(F)(F)F)c(C(=N)N)c1. The van der Waals surface area contributed by atoms with E-state index in [0.717, 1.165) is 31.9 Å². The predicted octanol–water partition coefficient (Wildman–Crippen LogP) is 3.62. The Kier molecular flexibility index (Phi) is 5.42. The van der Waals surface area contributed by atoms with Crippen molar-refractivity contribution in [2.75, 3.05) is 18.5 Å². The van der Waals surface area contributed by atoms with Gasteiger partial charge in [-0.15, -0.1) is 0 Å². The van der Waals surface area contributed by atoms with E-state index in [9.17, 15) is 13.2 Å². The van der Waals surface area contributed by atoms with Crippen LogP contribution in [0.15, 0.2) is 18.2 Å². The maximum Gasteiger partial charge on any atom is 0.417 e. The van der Waals surface area contributed by atoms with Crippen LogP contribution in [0.1, 0.15) is 37.3 Å². The van der Waals surface area contributed by atoms with Gasteiger partial charge in [-0.05, 0) is 24.6 Å². The van der Waals surface area contributed by atoms with E-state index >= 15 is 0 Å². The molecule has 6 heteroatoms. The van der Waals surface area contributed by atoms with Gasteiger partial charge >= 0.3 is 6.18 Å². The Morgan fingerprint density at radius 3 is 2.45 bits per heavy atom. The molecule has 0 aromatic heterocycles. The highest BCUT2D eigenvalue weighted by Gasteiger charge is 2.34. The van der Waals surface area contributed by atoms with E-state index in [-0.39, 0.29) is 5.56 Å². The van der Waals surface area contributed by atoms with Crippen molar-refractivity contribution in [3.63, 3.8) is 0 Å². The minimum atomic E-state index is -4.50. The maximum absolute atomic E-state index is 12.8. The fraction of sp³-hybridized carbons (Fsp3) is 0.500. The number of hydrogen-bond acceptors (Lipinski definition) is 2. The lowest BCUT2D eigenvalue weighted by molar-refractivity contribution is -0.137. The van der Waals surface area contributed by atoms with Gasteiger partial charge in [-0.3, -0.25) is 5.41 Å². The zero-order chi connectivity index (χ0) is 15.3. The maximum atomic E-state index is 12.8. The quantitative estimate of drug-likeness (QED) is 0.477. The molecule has 0 saturated heterocycles. The molecule has 0 heterocycles. The van der Waals surface area contributed by atoms with Gasteiger partial charge in [0, 0.05) is 24.8 Å². The van der Waals surface area contributed by atoms with Gasteiger partial charge in [-0.25, -0.2) is 0 Å². The number of halogens is 3. The van der Waals surface area contributed by atoms with E-state index in [0.29, 0.717) is 5.69 Å². The summed E-state index contributed by atoms with van der Waals surface area (Å²) in [6, 6.07) is 3.74. The molecule has 1 rings (SSSR count). The van der Waals surface area contributed by atoms with E-state index in [1.54, 1.807) is 0 Å². The molecule has 0 amide bonds. The van der Waals surface area contributed by atoms with Gasteiger partial charge in [-0.2, -0.15) is 13.2 Å². The largest absolute Gasteiger partial charge is 0.417 e. The second-order valence-corrected chi connectivity index (χ2v) is 4.77. The number of unbranched alkanes of at least 4 members (excludes halogenated alkanes) is 2. The summed E-state index contributed by atoms with van der Waals surface area (Å²) in [5.74, 6) is -0.568. The van der Waals surface area contributed by atoms with Crippen LogP contribution in [0.3, 0.4) is 0 Å². The van der Waals surface area contributed by atoms with Crippen LogP contribution in [0.4, 0.5) is 18.9 Å².